The van der Waals surface area contributed by atoms with Gasteiger partial charge in [0.15, 0.2) is 5.16 Å². The van der Waals surface area contributed by atoms with Crippen LogP contribution < -0.4 is 20.7 Å². The zero-order valence-corrected chi connectivity index (χ0v) is 27.4. The number of hydrogen-bond donors (Lipinski definition) is 1. The fraction of sp³-hybridized carbons (Fsp3) is 0.241. The summed E-state index contributed by atoms with van der Waals surface area (Å²) >= 11 is 12.9. The molecule has 0 amide bonds. The summed E-state index contributed by atoms with van der Waals surface area (Å²) in [5, 5.41) is 9.71. The second-order valence-corrected chi connectivity index (χ2v) is 11.2. The number of benzene rings is 2. The molecule has 0 saturated carbocycles. The van der Waals surface area contributed by atoms with Crippen LogP contribution in [0.5, 0.6) is 11.8 Å². The number of aromatic carboxylic acids is 1. The number of aromatic nitrogens is 4. The van der Waals surface area contributed by atoms with Gasteiger partial charge in [-0.15, -0.1) is 0 Å². The highest BCUT2D eigenvalue weighted by Gasteiger charge is 2.35. The Morgan fingerprint density at radius 1 is 0.957 bits per heavy atom. The van der Waals surface area contributed by atoms with Crippen molar-refractivity contribution in [2.75, 3.05) is 14.2 Å². The highest BCUT2D eigenvalue weighted by atomic mass is 35.5. The predicted octanol–water partition coefficient (Wildman–Crippen LogP) is 5.77. The number of carboxylic acids is 1. The Hall–Kier alpha value is -4.54. The molecule has 0 unspecified atom stereocenters. The van der Waals surface area contributed by atoms with E-state index in [1.54, 1.807) is 26.0 Å². The number of esters is 1. The maximum Gasteiger partial charge on any atom is 0.431 e. The van der Waals surface area contributed by atoms with E-state index in [1.165, 1.54) is 38.5 Å². The molecule has 2 aromatic heterocycles. The van der Waals surface area contributed by atoms with Crippen molar-refractivity contribution in [1.29, 1.82) is 0 Å². The number of rotatable bonds is 8. The van der Waals surface area contributed by atoms with Crippen LogP contribution in [0.1, 0.15) is 40.3 Å². The van der Waals surface area contributed by atoms with E-state index in [2.05, 4.69) is 9.97 Å². The average Bonchev–Trinajstić information content (AvgIpc) is 2.98. The lowest BCUT2D eigenvalue weighted by Crippen LogP contribution is -2.40. The fourth-order valence-corrected chi connectivity index (χ4v) is 5.18. The SMILES string of the molecule is CC(C)OC(=O)c1cc(-n2c(=O)cc(C(F)(F)F)n(C)c2=O)ccc1Cl.COc1cc(OC)nc(Sc2cccc(Cl)c2C(=O)O)n1. The lowest BCUT2D eigenvalue weighted by molar-refractivity contribution is -0.144. The summed E-state index contributed by atoms with van der Waals surface area (Å²) < 4.78 is 54.6. The van der Waals surface area contributed by atoms with Crippen molar-refractivity contribution in [3.8, 4) is 17.4 Å². The van der Waals surface area contributed by atoms with E-state index < -0.39 is 41.2 Å². The average molecular weight is 718 g/mol. The van der Waals surface area contributed by atoms with Gasteiger partial charge in [0.25, 0.3) is 5.56 Å². The first-order valence-electron chi connectivity index (χ1n) is 13.1. The standard InChI is InChI=1S/C16H14ClF3N2O4.C13H11ClN2O4S/c1-8(2)26-14(24)10-6-9(4-5-11(10)17)22-13(23)7-12(16(18,19)20)21(3)15(22)25;1-19-9-6-10(20-2)16-13(15-9)21-8-5-3-4-7(14)11(8)12(17)18/h4-8H,1-3H3;3-6H,1-2H3,(H,17,18). The molecule has 1 N–H and O–H groups in total. The molecule has 0 spiro atoms. The molecular weight excluding hydrogens is 692 g/mol. The van der Waals surface area contributed by atoms with Crippen LogP contribution in [-0.4, -0.2) is 56.5 Å². The first-order chi connectivity index (χ1) is 22.0. The summed E-state index contributed by atoms with van der Waals surface area (Å²) in [4.78, 5) is 56.4. The number of hydrogen-bond acceptors (Lipinski definition) is 10. The van der Waals surface area contributed by atoms with Crippen molar-refractivity contribution < 1.29 is 42.1 Å². The Bertz CT molecular complexity index is 1910. The number of alkyl halides is 3. The molecule has 12 nitrogen and oxygen atoms in total. The smallest absolute Gasteiger partial charge is 0.431 e. The minimum absolute atomic E-state index is 0.00885. The number of carbonyl (C=O) groups is 2. The minimum Gasteiger partial charge on any atom is -0.481 e. The van der Waals surface area contributed by atoms with Crippen LogP contribution in [0.15, 0.2) is 68.2 Å². The second-order valence-electron chi connectivity index (χ2n) is 9.42. The van der Waals surface area contributed by atoms with Gasteiger partial charge in [0, 0.05) is 18.0 Å². The van der Waals surface area contributed by atoms with E-state index >= 15 is 0 Å². The monoisotopic (exact) mass is 716 g/mol. The quantitative estimate of drug-likeness (QED) is 0.175. The summed E-state index contributed by atoms with van der Waals surface area (Å²) in [5.41, 5.74) is -4.00. The third-order valence-electron chi connectivity index (χ3n) is 5.85. The molecule has 0 saturated heterocycles. The van der Waals surface area contributed by atoms with Crippen LogP contribution in [-0.2, 0) is 18.0 Å². The molecule has 47 heavy (non-hydrogen) atoms. The normalized spacial score (nSPS) is 11.0. The number of methoxy groups -OCH3 is 2. The van der Waals surface area contributed by atoms with Crippen LogP contribution in [0.4, 0.5) is 13.2 Å². The van der Waals surface area contributed by atoms with Crippen molar-refractivity contribution in [2.24, 2.45) is 7.05 Å². The molecule has 250 valence electrons. The van der Waals surface area contributed by atoms with Crippen molar-refractivity contribution in [3.05, 3.63) is 96.2 Å². The van der Waals surface area contributed by atoms with Gasteiger partial charge in [-0.05, 0) is 55.9 Å². The third kappa shape index (κ3) is 9.05. The Labute approximate surface area is 278 Å². The van der Waals surface area contributed by atoms with E-state index in [4.69, 9.17) is 37.4 Å². The first kappa shape index (κ1) is 36.9. The zero-order valence-electron chi connectivity index (χ0n) is 25.1. The molecular formula is C29H25Cl2F3N4O8S. The van der Waals surface area contributed by atoms with Gasteiger partial charge in [0.1, 0.15) is 5.69 Å². The molecule has 0 bridgehead atoms. The summed E-state index contributed by atoms with van der Waals surface area (Å²) in [6, 6.07) is 10.2. The Morgan fingerprint density at radius 2 is 1.57 bits per heavy atom. The number of nitrogens with zero attached hydrogens (tertiary/aromatic N) is 4. The van der Waals surface area contributed by atoms with Gasteiger partial charge in [0.05, 0.1) is 53.2 Å². The molecule has 0 aliphatic heterocycles. The van der Waals surface area contributed by atoms with Gasteiger partial charge >= 0.3 is 23.8 Å². The molecule has 0 radical (unpaired) electrons. The summed E-state index contributed by atoms with van der Waals surface area (Å²) in [6.07, 6.45) is -5.30. The van der Waals surface area contributed by atoms with Crippen LogP contribution in [0.3, 0.4) is 0 Å². The van der Waals surface area contributed by atoms with E-state index in [0.717, 1.165) is 24.9 Å². The van der Waals surface area contributed by atoms with Crippen molar-refractivity contribution in [1.82, 2.24) is 19.1 Å². The molecule has 0 fully saturated rings. The largest absolute Gasteiger partial charge is 0.481 e. The van der Waals surface area contributed by atoms with Crippen LogP contribution in [0, 0.1) is 0 Å². The van der Waals surface area contributed by atoms with Crippen LogP contribution in [0.25, 0.3) is 5.69 Å². The summed E-state index contributed by atoms with van der Waals surface area (Å²) in [6.45, 7) is 3.23. The highest BCUT2D eigenvalue weighted by molar-refractivity contribution is 7.99. The molecule has 0 aliphatic carbocycles. The second kappa shape index (κ2) is 15.4. The first-order valence-corrected chi connectivity index (χ1v) is 14.6. The fourth-order valence-electron chi connectivity index (χ4n) is 3.76. The number of ether oxygens (including phenoxy) is 3. The third-order valence-corrected chi connectivity index (χ3v) is 7.42. The lowest BCUT2D eigenvalue weighted by Gasteiger charge is -2.15. The van der Waals surface area contributed by atoms with E-state index in [9.17, 15) is 37.5 Å². The van der Waals surface area contributed by atoms with Gasteiger partial charge < -0.3 is 19.3 Å². The van der Waals surface area contributed by atoms with E-state index in [0.29, 0.717) is 37.0 Å². The van der Waals surface area contributed by atoms with Gasteiger partial charge in [0.2, 0.25) is 11.8 Å². The number of carbonyl (C=O) groups excluding carboxylic acids is 1. The lowest BCUT2D eigenvalue weighted by atomic mass is 10.2. The summed E-state index contributed by atoms with van der Waals surface area (Å²) in [7, 11) is 3.83. The predicted molar refractivity (Wildman–Crippen MR) is 166 cm³/mol. The highest BCUT2D eigenvalue weighted by Crippen LogP contribution is 2.34. The molecule has 0 aliphatic rings. The zero-order chi connectivity index (χ0) is 35.2. The maximum atomic E-state index is 12.9. The topological polar surface area (TPSA) is 152 Å². The maximum absolute atomic E-state index is 12.9. The van der Waals surface area contributed by atoms with Gasteiger partial charge in [-0.2, -0.15) is 23.1 Å². The molecule has 0 atom stereocenters. The Morgan fingerprint density at radius 3 is 2.11 bits per heavy atom. The van der Waals surface area contributed by atoms with Crippen molar-refractivity contribution in [2.45, 2.75) is 36.2 Å². The van der Waals surface area contributed by atoms with E-state index in [-0.39, 0.29) is 26.9 Å². The Kier molecular flexibility index (Phi) is 12.1. The molecule has 4 aromatic rings. The Balaban J connectivity index is 0.000000261. The molecule has 4 rings (SSSR count). The minimum atomic E-state index is -4.86. The van der Waals surface area contributed by atoms with Crippen molar-refractivity contribution in [3.63, 3.8) is 0 Å². The van der Waals surface area contributed by atoms with Crippen LogP contribution in [0.2, 0.25) is 10.0 Å². The van der Waals surface area contributed by atoms with Crippen LogP contribution >= 0.6 is 35.0 Å². The van der Waals surface area contributed by atoms with Gasteiger partial charge in [-0.3, -0.25) is 9.36 Å². The molecule has 2 heterocycles. The molecule has 2 aromatic carbocycles. The van der Waals surface area contributed by atoms with E-state index in [1.807, 2.05) is 0 Å². The van der Waals surface area contributed by atoms with Crippen molar-refractivity contribution >= 4 is 46.9 Å². The van der Waals surface area contributed by atoms with Gasteiger partial charge in [-0.25, -0.2) is 19.0 Å². The number of carboxylic acid groups (broad SMARTS) is 1. The van der Waals surface area contributed by atoms with Gasteiger partial charge in [-0.1, -0.05) is 29.3 Å². The summed E-state index contributed by atoms with van der Waals surface area (Å²) in [5.74, 6) is -1.26. The number of halogens is 5. The molecule has 18 heteroatoms.